The van der Waals surface area contributed by atoms with Crippen molar-refractivity contribution in [3.63, 3.8) is 0 Å². The van der Waals surface area contributed by atoms with Crippen molar-refractivity contribution in [1.29, 1.82) is 0 Å². The molecule has 0 radical (unpaired) electrons. The third-order valence-corrected chi connectivity index (χ3v) is 3.40. The van der Waals surface area contributed by atoms with Gasteiger partial charge in [-0.05, 0) is 44.9 Å². The van der Waals surface area contributed by atoms with E-state index in [4.69, 9.17) is 5.73 Å². The molecule has 0 spiro atoms. The molecule has 0 saturated heterocycles. The van der Waals surface area contributed by atoms with Crippen LogP contribution in [0.5, 0.6) is 5.75 Å². The van der Waals surface area contributed by atoms with Gasteiger partial charge in [0.05, 0.1) is 0 Å². The molecule has 0 bridgehead atoms. The molecule has 16 heavy (non-hydrogen) atoms. The van der Waals surface area contributed by atoms with Crippen molar-refractivity contribution in [2.75, 3.05) is 18.0 Å². The van der Waals surface area contributed by atoms with Gasteiger partial charge in [-0.15, -0.1) is 0 Å². The highest BCUT2D eigenvalue weighted by atomic mass is 16.3. The second-order valence-electron chi connectivity index (χ2n) is 4.35. The predicted octanol–water partition coefficient (Wildman–Crippen LogP) is 1.88. The molecular formula is C13H20N2O. The van der Waals surface area contributed by atoms with Crippen LogP contribution >= 0.6 is 0 Å². The molecule has 88 valence electrons. The summed E-state index contributed by atoms with van der Waals surface area (Å²) < 4.78 is 0. The number of benzene rings is 1. The largest absolute Gasteiger partial charge is 0.508 e. The zero-order valence-corrected chi connectivity index (χ0v) is 9.82. The lowest BCUT2D eigenvalue weighted by Gasteiger charge is -2.25. The SMILES string of the molecule is CCN1c2cccc(O)c2CC1CCCN. The maximum absolute atomic E-state index is 9.84. The van der Waals surface area contributed by atoms with Crippen LogP contribution in [-0.2, 0) is 6.42 Å². The van der Waals surface area contributed by atoms with Gasteiger partial charge < -0.3 is 15.7 Å². The summed E-state index contributed by atoms with van der Waals surface area (Å²) in [6.45, 7) is 3.90. The lowest BCUT2D eigenvalue weighted by Crippen LogP contribution is -2.32. The van der Waals surface area contributed by atoms with Gasteiger partial charge in [-0.2, -0.15) is 0 Å². The van der Waals surface area contributed by atoms with Gasteiger partial charge in [-0.1, -0.05) is 6.07 Å². The van der Waals surface area contributed by atoms with Crippen molar-refractivity contribution >= 4 is 5.69 Å². The van der Waals surface area contributed by atoms with Crippen molar-refractivity contribution < 1.29 is 5.11 Å². The predicted molar refractivity (Wildman–Crippen MR) is 66.9 cm³/mol. The summed E-state index contributed by atoms with van der Waals surface area (Å²) in [5.74, 6) is 0.436. The average Bonchev–Trinajstić information content (AvgIpc) is 2.65. The van der Waals surface area contributed by atoms with E-state index in [1.165, 1.54) is 5.69 Å². The highest BCUT2D eigenvalue weighted by Gasteiger charge is 2.29. The van der Waals surface area contributed by atoms with Crippen LogP contribution in [0.25, 0.3) is 0 Å². The number of fused-ring (bicyclic) bond motifs is 1. The summed E-state index contributed by atoms with van der Waals surface area (Å²) in [5, 5.41) is 9.84. The van der Waals surface area contributed by atoms with Crippen LogP contribution in [0.3, 0.4) is 0 Å². The minimum Gasteiger partial charge on any atom is -0.508 e. The first kappa shape index (κ1) is 11.3. The Morgan fingerprint density at radius 1 is 1.50 bits per heavy atom. The van der Waals surface area contributed by atoms with Crippen LogP contribution in [-0.4, -0.2) is 24.2 Å². The number of likely N-dealkylation sites (N-methyl/N-ethyl adjacent to an activating group) is 1. The maximum Gasteiger partial charge on any atom is 0.120 e. The van der Waals surface area contributed by atoms with Gasteiger partial charge in [0.2, 0.25) is 0 Å². The molecule has 1 heterocycles. The fraction of sp³-hybridized carbons (Fsp3) is 0.538. The third-order valence-electron chi connectivity index (χ3n) is 3.40. The van der Waals surface area contributed by atoms with Gasteiger partial charge in [0.25, 0.3) is 0 Å². The van der Waals surface area contributed by atoms with E-state index < -0.39 is 0 Å². The quantitative estimate of drug-likeness (QED) is 0.814. The molecule has 3 heteroatoms. The van der Waals surface area contributed by atoms with Gasteiger partial charge in [0.1, 0.15) is 5.75 Å². The lowest BCUT2D eigenvalue weighted by atomic mass is 10.1. The summed E-state index contributed by atoms with van der Waals surface area (Å²) >= 11 is 0. The van der Waals surface area contributed by atoms with E-state index in [2.05, 4.69) is 17.9 Å². The number of hydrogen-bond acceptors (Lipinski definition) is 3. The van der Waals surface area contributed by atoms with E-state index in [1.54, 1.807) is 6.07 Å². The molecule has 1 aromatic carbocycles. The molecule has 0 fully saturated rings. The molecule has 1 unspecified atom stereocenters. The molecule has 1 atom stereocenters. The number of nitrogens with zero attached hydrogens (tertiary/aromatic N) is 1. The molecule has 1 aliphatic rings. The van der Waals surface area contributed by atoms with Gasteiger partial charge in [-0.3, -0.25) is 0 Å². The van der Waals surface area contributed by atoms with Crippen molar-refractivity contribution in [3.8, 4) is 5.75 Å². The number of anilines is 1. The molecule has 0 aromatic heterocycles. The zero-order chi connectivity index (χ0) is 11.5. The van der Waals surface area contributed by atoms with Crippen LogP contribution in [0, 0.1) is 0 Å². The van der Waals surface area contributed by atoms with E-state index in [1.807, 2.05) is 6.07 Å². The molecule has 3 nitrogen and oxygen atoms in total. The second kappa shape index (κ2) is 4.74. The molecule has 1 aliphatic heterocycles. The number of rotatable bonds is 4. The minimum atomic E-state index is 0.436. The van der Waals surface area contributed by atoms with Gasteiger partial charge in [0, 0.05) is 23.8 Å². The van der Waals surface area contributed by atoms with Crippen LogP contribution in [0.4, 0.5) is 5.69 Å². The van der Waals surface area contributed by atoms with Crippen molar-refractivity contribution in [2.24, 2.45) is 5.73 Å². The Hall–Kier alpha value is -1.22. The van der Waals surface area contributed by atoms with Crippen molar-refractivity contribution in [2.45, 2.75) is 32.2 Å². The normalized spacial score (nSPS) is 18.9. The summed E-state index contributed by atoms with van der Waals surface area (Å²) in [6, 6.07) is 6.30. The Morgan fingerprint density at radius 3 is 3.00 bits per heavy atom. The Bertz CT molecular complexity index is 365. The number of aromatic hydroxyl groups is 1. The number of phenolic OH excluding ortho intramolecular Hbond substituents is 1. The van der Waals surface area contributed by atoms with Crippen molar-refractivity contribution in [1.82, 2.24) is 0 Å². The summed E-state index contributed by atoms with van der Waals surface area (Å²) in [7, 11) is 0. The Balaban J connectivity index is 2.22. The third kappa shape index (κ3) is 1.87. The minimum absolute atomic E-state index is 0.436. The van der Waals surface area contributed by atoms with E-state index in [0.717, 1.165) is 37.9 Å². The van der Waals surface area contributed by atoms with Crippen LogP contribution < -0.4 is 10.6 Å². The van der Waals surface area contributed by atoms with E-state index in [9.17, 15) is 5.11 Å². The monoisotopic (exact) mass is 220 g/mol. The zero-order valence-electron chi connectivity index (χ0n) is 9.82. The lowest BCUT2D eigenvalue weighted by molar-refractivity contribution is 0.467. The first-order valence-electron chi connectivity index (χ1n) is 6.05. The Kier molecular flexibility index (Phi) is 3.34. The maximum atomic E-state index is 9.84. The fourth-order valence-corrected chi connectivity index (χ4v) is 2.62. The molecular weight excluding hydrogens is 200 g/mol. The highest BCUT2D eigenvalue weighted by molar-refractivity contribution is 5.64. The van der Waals surface area contributed by atoms with Crippen LogP contribution in [0.1, 0.15) is 25.3 Å². The first-order valence-corrected chi connectivity index (χ1v) is 6.05. The summed E-state index contributed by atoms with van der Waals surface area (Å²) in [6.07, 6.45) is 3.12. The van der Waals surface area contributed by atoms with E-state index in [0.29, 0.717) is 11.8 Å². The van der Waals surface area contributed by atoms with Gasteiger partial charge in [0.15, 0.2) is 0 Å². The fourth-order valence-electron chi connectivity index (χ4n) is 2.62. The molecule has 0 aliphatic carbocycles. The van der Waals surface area contributed by atoms with Crippen LogP contribution in [0.2, 0.25) is 0 Å². The Morgan fingerprint density at radius 2 is 2.31 bits per heavy atom. The first-order chi connectivity index (χ1) is 7.77. The number of phenols is 1. The highest BCUT2D eigenvalue weighted by Crippen LogP contribution is 2.38. The second-order valence-corrected chi connectivity index (χ2v) is 4.35. The molecule has 0 amide bonds. The van der Waals surface area contributed by atoms with Gasteiger partial charge >= 0.3 is 0 Å². The standard InChI is InChI=1S/C13H20N2O/c1-2-15-10(5-4-8-14)9-11-12(15)6-3-7-13(11)16/h3,6-7,10,16H,2,4-5,8-9,14H2,1H3. The van der Waals surface area contributed by atoms with Gasteiger partial charge in [-0.25, -0.2) is 0 Å². The summed E-state index contributed by atoms with van der Waals surface area (Å²) in [5.41, 5.74) is 7.86. The molecule has 1 aromatic rings. The topological polar surface area (TPSA) is 49.5 Å². The summed E-state index contributed by atoms with van der Waals surface area (Å²) in [4.78, 5) is 2.38. The molecule has 0 saturated carbocycles. The van der Waals surface area contributed by atoms with Crippen molar-refractivity contribution in [3.05, 3.63) is 23.8 Å². The van der Waals surface area contributed by atoms with E-state index in [-0.39, 0.29) is 0 Å². The Labute approximate surface area is 96.9 Å². The number of hydrogen-bond donors (Lipinski definition) is 2. The molecule has 2 rings (SSSR count). The smallest absolute Gasteiger partial charge is 0.120 e. The van der Waals surface area contributed by atoms with Crippen LogP contribution in [0.15, 0.2) is 18.2 Å². The van der Waals surface area contributed by atoms with E-state index >= 15 is 0 Å². The number of nitrogens with two attached hydrogens (primary N) is 1. The molecule has 3 N–H and O–H groups in total. The average molecular weight is 220 g/mol.